The molecule has 0 bridgehead atoms. The van der Waals surface area contributed by atoms with E-state index in [1.807, 2.05) is 66.7 Å². The Morgan fingerprint density at radius 1 is 0.714 bits per heavy atom. The van der Waals surface area contributed by atoms with Gasteiger partial charge in [-0.3, -0.25) is 0 Å². The molecule has 0 aliphatic rings. The van der Waals surface area contributed by atoms with Crippen LogP contribution in [0.3, 0.4) is 0 Å². The molecule has 0 heterocycles. The number of rotatable bonds is 6. The van der Waals surface area contributed by atoms with Gasteiger partial charge in [0.15, 0.2) is 0 Å². The lowest BCUT2D eigenvalue weighted by Gasteiger charge is -2.37. The molecular formula is C25H23N3. The summed E-state index contributed by atoms with van der Waals surface area (Å²) in [6, 6.07) is 30.5. The molecule has 0 saturated heterocycles. The lowest BCUT2D eigenvalue weighted by molar-refractivity contribution is 0.481. The minimum absolute atomic E-state index is 0.225. The minimum atomic E-state index is 0.225. The average molecular weight is 365 g/mol. The van der Waals surface area contributed by atoms with E-state index in [-0.39, 0.29) is 6.04 Å². The van der Waals surface area contributed by atoms with Crippen LogP contribution in [-0.4, -0.2) is 6.04 Å². The molecule has 1 unspecified atom stereocenters. The third-order valence-electron chi connectivity index (χ3n) is 4.94. The number of para-hydroxylation sites is 1. The highest BCUT2D eigenvalue weighted by Crippen LogP contribution is 2.32. The molecular weight excluding hydrogens is 342 g/mol. The van der Waals surface area contributed by atoms with Crippen molar-refractivity contribution in [3.63, 3.8) is 0 Å². The van der Waals surface area contributed by atoms with Crippen molar-refractivity contribution in [1.29, 1.82) is 10.5 Å². The molecule has 0 N–H and O–H groups in total. The van der Waals surface area contributed by atoms with Gasteiger partial charge in [0.2, 0.25) is 0 Å². The smallest absolute Gasteiger partial charge is 0.0991 e. The van der Waals surface area contributed by atoms with Crippen LogP contribution in [0.2, 0.25) is 0 Å². The van der Waals surface area contributed by atoms with Crippen molar-refractivity contribution in [1.82, 2.24) is 0 Å². The molecule has 0 fully saturated rings. The third kappa shape index (κ3) is 4.40. The van der Waals surface area contributed by atoms with Crippen LogP contribution in [0.1, 0.15) is 30.5 Å². The topological polar surface area (TPSA) is 50.8 Å². The van der Waals surface area contributed by atoms with Crippen molar-refractivity contribution in [3.05, 3.63) is 95.6 Å². The van der Waals surface area contributed by atoms with Crippen LogP contribution in [-0.2, 0) is 6.42 Å². The first kappa shape index (κ1) is 19.2. The monoisotopic (exact) mass is 365 g/mol. The number of benzene rings is 3. The molecule has 3 aromatic rings. The van der Waals surface area contributed by atoms with Crippen LogP contribution in [0.5, 0.6) is 0 Å². The number of nitrogens with zero attached hydrogens (tertiary/aromatic N) is 3. The molecule has 28 heavy (non-hydrogen) atoms. The Hall–Kier alpha value is -3.56. The van der Waals surface area contributed by atoms with Gasteiger partial charge < -0.3 is 4.90 Å². The second kappa shape index (κ2) is 8.89. The molecule has 0 aromatic heterocycles. The van der Waals surface area contributed by atoms with Crippen molar-refractivity contribution >= 4 is 11.4 Å². The predicted molar refractivity (Wildman–Crippen MR) is 113 cm³/mol. The van der Waals surface area contributed by atoms with Gasteiger partial charge in [0.25, 0.3) is 0 Å². The summed E-state index contributed by atoms with van der Waals surface area (Å²) < 4.78 is 0. The van der Waals surface area contributed by atoms with E-state index in [2.05, 4.69) is 43.0 Å². The van der Waals surface area contributed by atoms with Crippen LogP contribution in [0.25, 0.3) is 0 Å². The lowest BCUT2D eigenvalue weighted by Crippen LogP contribution is -2.37. The molecule has 0 aliphatic carbocycles. The molecule has 3 nitrogen and oxygen atoms in total. The molecule has 3 rings (SSSR count). The zero-order valence-electron chi connectivity index (χ0n) is 16.2. The van der Waals surface area contributed by atoms with Gasteiger partial charge in [-0.1, -0.05) is 44.2 Å². The van der Waals surface area contributed by atoms with Crippen LogP contribution >= 0.6 is 0 Å². The summed E-state index contributed by atoms with van der Waals surface area (Å²) in [5.41, 5.74) is 4.73. The molecule has 138 valence electrons. The van der Waals surface area contributed by atoms with E-state index in [1.54, 1.807) is 0 Å². The highest BCUT2D eigenvalue weighted by Gasteiger charge is 2.24. The van der Waals surface area contributed by atoms with Gasteiger partial charge in [-0.2, -0.15) is 10.5 Å². The summed E-state index contributed by atoms with van der Waals surface area (Å²) in [6.45, 7) is 4.46. The quantitative estimate of drug-likeness (QED) is 0.552. The number of nitriles is 2. The maximum atomic E-state index is 9.13. The van der Waals surface area contributed by atoms with Crippen molar-refractivity contribution in [2.75, 3.05) is 4.90 Å². The number of anilines is 2. The van der Waals surface area contributed by atoms with E-state index < -0.39 is 0 Å². The second-order valence-electron chi connectivity index (χ2n) is 7.19. The Morgan fingerprint density at radius 2 is 1.21 bits per heavy atom. The number of hydrogen-bond acceptors (Lipinski definition) is 3. The maximum absolute atomic E-state index is 9.13. The normalized spacial score (nSPS) is 11.5. The summed E-state index contributed by atoms with van der Waals surface area (Å²) in [6.07, 6.45) is 0.859. The van der Waals surface area contributed by atoms with Crippen LogP contribution in [0.15, 0.2) is 78.9 Å². The van der Waals surface area contributed by atoms with Crippen molar-refractivity contribution in [3.8, 4) is 12.1 Å². The van der Waals surface area contributed by atoms with Crippen molar-refractivity contribution in [2.45, 2.75) is 26.3 Å². The molecule has 0 saturated carbocycles. The molecule has 0 radical (unpaired) electrons. The second-order valence-corrected chi connectivity index (χ2v) is 7.19. The zero-order chi connectivity index (χ0) is 19.9. The first-order valence-electron chi connectivity index (χ1n) is 9.46. The molecule has 3 aromatic carbocycles. The van der Waals surface area contributed by atoms with E-state index in [9.17, 15) is 0 Å². The fraction of sp³-hybridized carbons (Fsp3) is 0.200. The van der Waals surface area contributed by atoms with E-state index in [0.29, 0.717) is 17.0 Å². The standard InChI is InChI=1S/C25H23N3/c1-19(2)25(16-20-8-10-21(17-26)11-9-20)28(23-6-4-3-5-7-23)24-14-12-22(18-27)13-15-24/h3-15,19,25H,16H2,1-2H3. The third-order valence-corrected chi connectivity index (χ3v) is 4.94. The first-order valence-corrected chi connectivity index (χ1v) is 9.46. The fourth-order valence-corrected chi connectivity index (χ4v) is 3.40. The van der Waals surface area contributed by atoms with Gasteiger partial charge in [0, 0.05) is 17.4 Å². The van der Waals surface area contributed by atoms with Gasteiger partial charge in [-0.25, -0.2) is 0 Å². The maximum Gasteiger partial charge on any atom is 0.0991 e. The van der Waals surface area contributed by atoms with Gasteiger partial charge >= 0.3 is 0 Å². The lowest BCUT2D eigenvalue weighted by atomic mass is 9.93. The average Bonchev–Trinajstić information content (AvgIpc) is 2.75. The summed E-state index contributed by atoms with van der Waals surface area (Å²) in [5.74, 6) is 0.395. The molecule has 0 aliphatic heterocycles. The fourth-order valence-electron chi connectivity index (χ4n) is 3.40. The van der Waals surface area contributed by atoms with Gasteiger partial charge in [0.1, 0.15) is 0 Å². The van der Waals surface area contributed by atoms with Gasteiger partial charge in [-0.15, -0.1) is 0 Å². The molecule has 1 atom stereocenters. The van der Waals surface area contributed by atoms with Crippen LogP contribution in [0, 0.1) is 28.6 Å². The van der Waals surface area contributed by atoms with E-state index in [4.69, 9.17) is 10.5 Å². The summed E-state index contributed by atoms with van der Waals surface area (Å²) in [5, 5.41) is 18.2. The van der Waals surface area contributed by atoms with Crippen molar-refractivity contribution in [2.24, 2.45) is 5.92 Å². The Kier molecular flexibility index (Phi) is 6.10. The highest BCUT2D eigenvalue weighted by atomic mass is 15.2. The van der Waals surface area contributed by atoms with Gasteiger partial charge in [-0.05, 0) is 66.4 Å². The zero-order valence-corrected chi connectivity index (χ0v) is 16.2. The van der Waals surface area contributed by atoms with Crippen LogP contribution in [0.4, 0.5) is 11.4 Å². The van der Waals surface area contributed by atoms with Gasteiger partial charge in [0.05, 0.1) is 23.3 Å². The van der Waals surface area contributed by atoms with E-state index in [1.165, 1.54) is 5.56 Å². The Labute approximate surface area is 167 Å². The Balaban J connectivity index is 2.01. The summed E-state index contributed by atoms with van der Waals surface area (Å²) in [7, 11) is 0. The van der Waals surface area contributed by atoms with E-state index >= 15 is 0 Å². The van der Waals surface area contributed by atoms with E-state index in [0.717, 1.165) is 17.8 Å². The minimum Gasteiger partial charge on any atom is -0.338 e. The van der Waals surface area contributed by atoms with Crippen molar-refractivity contribution < 1.29 is 0 Å². The largest absolute Gasteiger partial charge is 0.338 e. The first-order chi connectivity index (χ1) is 13.6. The van der Waals surface area contributed by atoms with Crippen LogP contribution < -0.4 is 4.90 Å². The Bertz CT molecular complexity index is 975. The molecule has 0 amide bonds. The molecule has 0 spiro atoms. The predicted octanol–water partition coefficient (Wildman–Crippen LogP) is 5.84. The SMILES string of the molecule is CC(C)C(Cc1ccc(C#N)cc1)N(c1ccccc1)c1ccc(C#N)cc1. The summed E-state index contributed by atoms with van der Waals surface area (Å²) in [4.78, 5) is 2.35. The molecule has 3 heteroatoms. The summed E-state index contributed by atoms with van der Waals surface area (Å²) >= 11 is 0. The highest BCUT2D eigenvalue weighted by molar-refractivity contribution is 5.65. The Morgan fingerprint density at radius 3 is 1.71 bits per heavy atom. The number of hydrogen-bond donors (Lipinski definition) is 0.